The van der Waals surface area contributed by atoms with Gasteiger partial charge in [0.2, 0.25) is 5.91 Å². The van der Waals surface area contributed by atoms with E-state index in [-0.39, 0.29) is 17.6 Å². The topological polar surface area (TPSA) is 84.9 Å². The molecule has 1 saturated heterocycles. The van der Waals surface area contributed by atoms with E-state index in [1.165, 1.54) is 7.11 Å². The zero-order chi connectivity index (χ0) is 23.4. The van der Waals surface area contributed by atoms with Gasteiger partial charge in [0.15, 0.2) is 11.5 Å². The molecule has 0 aliphatic carbocycles. The maximum absolute atomic E-state index is 12.9. The molecule has 168 valence electrons. The van der Waals surface area contributed by atoms with Crippen molar-refractivity contribution in [1.29, 1.82) is 0 Å². The van der Waals surface area contributed by atoms with Crippen LogP contribution in [0, 0.1) is 13.8 Å². The molecule has 8 heteroatoms. The first-order valence-corrected chi connectivity index (χ1v) is 11.0. The molecule has 2 aromatic rings. The van der Waals surface area contributed by atoms with Gasteiger partial charge in [-0.1, -0.05) is 18.2 Å². The number of aryl methyl sites for hydroxylation is 2. The number of amides is 3. The van der Waals surface area contributed by atoms with Gasteiger partial charge in [-0.05, 0) is 74.9 Å². The lowest BCUT2D eigenvalue weighted by molar-refractivity contribution is -0.127. The van der Waals surface area contributed by atoms with Gasteiger partial charge in [-0.2, -0.15) is 0 Å². The smallest absolute Gasteiger partial charge is 0.294 e. The number of nitrogens with one attached hydrogen (secondary N) is 1. The number of para-hydroxylation sites is 1. The summed E-state index contributed by atoms with van der Waals surface area (Å²) in [6.45, 7) is 7.34. The van der Waals surface area contributed by atoms with Crippen LogP contribution in [0.1, 0.15) is 30.5 Å². The minimum absolute atomic E-state index is 0.109. The zero-order valence-electron chi connectivity index (χ0n) is 18.7. The summed E-state index contributed by atoms with van der Waals surface area (Å²) in [4.78, 5) is 38.9. The average molecular weight is 455 g/mol. The van der Waals surface area contributed by atoms with Crippen LogP contribution < -0.4 is 14.8 Å². The Balaban J connectivity index is 1.78. The maximum Gasteiger partial charge on any atom is 0.294 e. The van der Waals surface area contributed by atoms with Gasteiger partial charge in [0.1, 0.15) is 6.54 Å². The molecule has 0 spiro atoms. The van der Waals surface area contributed by atoms with Gasteiger partial charge in [0.05, 0.1) is 18.1 Å². The SMILES string of the molecule is COc1cccc(C=C2SC(=O)N(CC(=O)Nc3ccc(C)c(C)c3)C2=O)c1OC(C)C. The molecule has 0 aromatic heterocycles. The number of nitrogens with zero attached hydrogens (tertiary/aromatic N) is 1. The second-order valence-electron chi connectivity index (χ2n) is 7.66. The Bertz CT molecular complexity index is 1090. The molecule has 3 rings (SSSR count). The molecule has 1 N–H and O–H groups in total. The number of rotatable bonds is 7. The summed E-state index contributed by atoms with van der Waals surface area (Å²) in [5.41, 5.74) is 3.38. The van der Waals surface area contributed by atoms with Gasteiger partial charge in [0.25, 0.3) is 11.1 Å². The van der Waals surface area contributed by atoms with Crippen LogP contribution in [0.5, 0.6) is 11.5 Å². The number of benzene rings is 2. The predicted octanol–water partition coefficient (Wildman–Crippen LogP) is 4.77. The van der Waals surface area contributed by atoms with Gasteiger partial charge in [0, 0.05) is 11.3 Å². The third-order valence-electron chi connectivity index (χ3n) is 4.84. The van der Waals surface area contributed by atoms with E-state index in [2.05, 4.69) is 5.32 Å². The van der Waals surface area contributed by atoms with Crippen LogP contribution in [0.25, 0.3) is 6.08 Å². The molecule has 1 fully saturated rings. The van der Waals surface area contributed by atoms with Crippen LogP contribution in [0.2, 0.25) is 0 Å². The van der Waals surface area contributed by atoms with Crippen LogP contribution in [0.15, 0.2) is 41.3 Å². The maximum atomic E-state index is 12.9. The number of carbonyl (C=O) groups excluding carboxylic acids is 3. The monoisotopic (exact) mass is 454 g/mol. The highest BCUT2D eigenvalue weighted by molar-refractivity contribution is 8.18. The fraction of sp³-hybridized carbons (Fsp3) is 0.292. The number of ether oxygens (including phenoxy) is 2. The lowest BCUT2D eigenvalue weighted by Gasteiger charge is -2.16. The van der Waals surface area contributed by atoms with Crippen LogP contribution in [-0.4, -0.2) is 41.7 Å². The lowest BCUT2D eigenvalue weighted by Crippen LogP contribution is -2.36. The average Bonchev–Trinajstić information content (AvgIpc) is 2.99. The first kappa shape index (κ1) is 23.4. The van der Waals surface area contributed by atoms with Crippen molar-refractivity contribution in [3.05, 3.63) is 58.0 Å². The molecule has 1 heterocycles. The first-order valence-electron chi connectivity index (χ1n) is 10.2. The predicted molar refractivity (Wildman–Crippen MR) is 126 cm³/mol. The van der Waals surface area contributed by atoms with E-state index in [9.17, 15) is 14.4 Å². The van der Waals surface area contributed by atoms with Crippen LogP contribution in [0.4, 0.5) is 10.5 Å². The molecule has 0 atom stereocenters. The molecule has 1 aliphatic heterocycles. The summed E-state index contributed by atoms with van der Waals surface area (Å²) in [5.74, 6) is 0.0549. The highest BCUT2D eigenvalue weighted by atomic mass is 32.2. The summed E-state index contributed by atoms with van der Waals surface area (Å²) in [5, 5.41) is 2.24. The summed E-state index contributed by atoms with van der Waals surface area (Å²) in [7, 11) is 1.54. The summed E-state index contributed by atoms with van der Waals surface area (Å²) in [6.07, 6.45) is 1.48. The molecule has 0 bridgehead atoms. The van der Waals surface area contributed by atoms with Crippen molar-refractivity contribution in [2.24, 2.45) is 0 Å². The third-order valence-corrected chi connectivity index (χ3v) is 5.74. The normalized spacial score (nSPS) is 14.9. The summed E-state index contributed by atoms with van der Waals surface area (Å²) < 4.78 is 11.2. The van der Waals surface area contributed by atoms with E-state index in [1.54, 1.807) is 30.3 Å². The van der Waals surface area contributed by atoms with E-state index < -0.39 is 17.1 Å². The van der Waals surface area contributed by atoms with Crippen molar-refractivity contribution in [2.45, 2.75) is 33.8 Å². The molecule has 2 aromatic carbocycles. The molecule has 1 aliphatic rings. The summed E-state index contributed by atoms with van der Waals surface area (Å²) >= 11 is 0.793. The molecule has 32 heavy (non-hydrogen) atoms. The summed E-state index contributed by atoms with van der Waals surface area (Å²) in [6, 6.07) is 10.9. The standard InChI is InChI=1S/C24H26N2O5S/c1-14(2)31-22-17(7-6-8-19(22)30-5)12-20-23(28)26(24(29)32-20)13-21(27)25-18-10-9-15(3)16(4)11-18/h6-12,14H,13H2,1-5H3,(H,25,27). The highest BCUT2D eigenvalue weighted by Gasteiger charge is 2.36. The minimum atomic E-state index is -0.520. The van der Waals surface area contributed by atoms with Gasteiger partial charge in [-0.25, -0.2) is 0 Å². The Morgan fingerprint density at radius 1 is 1.16 bits per heavy atom. The fourth-order valence-corrected chi connectivity index (χ4v) is 3.94. The number of carbonyl (C=O) groups is 3. The highest BCUT2D eigenvalue weighted by Crippen LogP contribution is 2.37. The Kier molecular flexibility index (Phi) is 7.25. The number of anilines is 1. The second-order valence-corrected chi connectivity index (χ2v) is 8.65. The van der Waals surface area contributed by atoms with E-state index in [1.807, 2.05) is 39.8 Å². The molecular formula is C24H26N2O5S. The Labute approximate surface area is 191 Å². The van der Waals surface area contributed by atoms with Crippen molar-refractivity contribution in [2.75, 3.05) is 19.0 Å². The van der Waals surface area contributed by atoms with Crippen molar-refractivity contribution < 1.29 is 23.9 Å². The molecule has 3 amide bonds. The molecule has 0 radical (unpaired) electrons. The van der Waals surface area contributed by atoms with Gasteiger partial charge < -0.3 is 14.8 Å². The van der Waals surface area contributed by atoms with Crippen molar-refractivity contribution >= 4 is 40.6 Å². The largest absolute Gasteiger partial charge is 0.493 e. The van der Waals surface area contributed by atoms with Crippen molar-refractivity contribution in [3.8, 4) is 11.5 Å². The number of hydrogen-bond donors (Lipinski definition) is 1. The Morgan fingerprint density at radius 2 is 1.91 bits per heavy atom. The molecule has 0 unspecified atom stereocenters. The Hall–Kier alpha value is -3.26. The van der Waals surface area contributed by atoms with Crippen LogP contribution in [0.3, 0.4) is 0 Å². The number of hydrogen-bond acceptors (Lipinski definition) is 6. The van der Waals surface area contributed by atoms with E-state index in [0.29, 0.717) is 22.7 Å². The third kappa shape index (κ3) is 5.31. The lowest BCUT2D eigenvalue weighted by atomic mass is 10.1. The number of methoxy groups -OCH3 is 1. The zero-order valence-corrected chi connectivity index (χ0v) is 19.5. The van der Waals surface area contributed by atoms with E-state index >= 15 is 0 Å². The fourth-order valence-electron chi connectivity index (χ4n) is 3.11. The Morgan fingerprint density at radius 3 is 2.56 bits per heavy atom. The number of thioether (sulfide) groups is 1. The van der Waals surface area contributed by atoms with Crippen LogP contribution in [-0.2, 0) is 9.59 Å². The van der Waals surface area contributed by atoms with E-state index in [0.717, 1.165) is 27.8 Å². The molecule has 0 saturated carbocycles. The molecule has 7 nitrogen and oxygen atoms in total. The quantitative estimate of drug-likeness (QED) is 0.607. The van der Waals surface area contributed by atoms with Crippen molar-refractivity contribution in [1.82, 2.24) is 4.90 Å². The van der Waals surface area contributed by atoms with Gasteiger partial charge in [-0.3, -0.25) is 19.3 Å². The minimum Gasteiger partial charge on any atom is -0.493 e. The number of imide groups is 1. The first-order chi connectivity index (χ1) is 15.2. The second kappa shape index (κ2) is 9.91. The van der Waals surface area contributed by atoms with Gasteiger partial charge >= 0.3 is 0 Å². The molecular weight excluding hydrogens is 428 g/mol. The van der Waals surface area contributed by atoms with Gasteiger partial charge in [-0.15, -0.1) is 0 Å². The van der Waals surface area contributed by atoms with Crippen molar-refractivity contribution in [3.63, 3.8) is 0 Å². The van der Waals surface area contributed by atoms with E-state index in [4.69, 9.17) is 9.47 Å². The van der Waals surface area contributed by atoms with Crippen LogP contribution >= 0.6 is 11.8 Å².